The molecule has 0 spiro atoms. The molecule has 2 aromatic rings. The van der Waals surface area contributed by atoms with Gasteiger partial charge in [0.25, 0.3) is 5.91 Å². The van der Waals surface area contributed by atoms with E-state index in [1.807, 2.05) is 55.5 Å². The minimum absolute atomic E-state index is 0.0948. The van der Waals surface area contributed by atoms with E-state index in [-0.39, 0.29) is 18.2 Å². The number of carbonyl (C=O) groups is 2. The Morgan fingerprint density at radius 3 is 2.41 bits per heavy atom. The molecule has 6 heteroatoms. The Morgan fingerprint density at radius 2 is 1.76 bits per heavy atom. The Labute approximate surface area is 172 Å². The number of ether oxygens (including phenoxy) is 1. The maximum Gasteiger partial charge on any atom is 0.268 e. The molecule has 6 nitrogen and oxygen atoms in total. The molecule has 0 aliphatic carbocycles. The van der Waals surface area contributed by atoms with Crippen molar-refractivity contribution in [3.05, 3.63) is 48.5 Å². The van der Waals surface area contributed by atoms with Crippen LogP contribution in [-0.4, -0.2) is 37.6 Å². The highest BCUT2D eigenvalue weighted by atomic mass is 16.5. The van der Waals surface area contributed by atoms with Gasteiger partial charge in [-0.15, -0.1) is 0 Å². The zero-order chi connectivity index (χ0) is 20.8. The molecule has 154 valence electrons. The van der Waals surface area contributed by atoms with Gasteiger partial charge >= 0.3 is 0 Å². The molecule has 2 aromatic carbocycles. The quantitative estimate of drug-likeness (QED) is 0.732. The number of fused-ring (bicyclic) bond motifs is 1. The number of nitrogens with zero attached hydrogens (tertiary/aromatic N) is 2. The van der Waals surface area contributed by atoms with Crippen LogP contribution in [0.15, 0.2) is 48.5 Å². The van der Waals surface area contributed by atoms with Gasteiger partial charge in [0, 0.05) is 37.4 Å². The van der Waals surface area contributed by atoms with Crippen LogP contribution in [0.2, 0.25) is 0 Å². The van der Waals surface area contributed by atoms with Crippen molar-refractivity contribution in [3.63, 3.8) is 0 Å². The molecule has 0 fully saturated rings. The van der Waals surface area contributed by atoms with Crippen LogP contribution in [0.3, 0.4) is 0 Å². The van der Waals surface area contributed by atoms with E-state index in [0.717, 1.165) is 30.2 Å². The number of hydrogen-bond acceptors (Lipinski definition) is 4. The molecule has 2 amide bonds. The van der Waals surface area contributed by atoms with Crippen molar-refractivity contribution in [2.45, 2.75) is 39.7 Å². The summed E-state index contributed by atoms with van der Waals surface area (Å²) in [6, 6.07) is 15.3. The largest absolute Gasteiger partial charge is 0.478 e. The van der Waals surface area contributed by atoms with E-state index in [4.69, 9.17) is 4.74 Å². The molecule has 1 N–H and O–H groups in total. The highest BCUT2D eigenvalue weighted by molar-refractivity contribution is 6.01. The van der Waals surface area contributed by atoms with Gasteiger partial charge < -0.3 is 19.9 Å². The highest BCUT2D eigenvalue weighted by Crippen LogP contribution is 2.34. The highest BCUT2D eigenvalue weighted by Gasteiger charge is 2.33. The molecule has 29 heavy (non-hydrogen) atoms. The van der Waals surface area contributed by atoms with Crippen LogP contribution in [0.25, 0.3) is 0 Å². The predicted molar refractivity (Wildman–Crippen MR) is 117 cm³/mol. The van der Waals surface area contributed by atoms with Crippen molar-refractivity contribution >= 4 is 28.9 Å². The van der Waals surface area contributed by atoms with E-state index < -0.39 is 6.10 Å². The average Bonchev–Trinajstić information content (AvgIpc) is 2.74. The summed E-state index contributed by atoms with van der Waals surface area (Å²) in [6.07, 6.45) is 0.309. The third-order valence-corrected chi connectivity index (χ3v) is 5.18. The lowest BCUT2D eigenvalue weighted by Gasteiger charge is -2.33. The summed E-state index contributed by atoms with van der Waals surface area (Å²) in [5, 5.41) is 2.92. The molecule has 1 aliphatic rings. The van der Waals surface area contributed by atoms with Gasteiger partial charge in [-0.2, -0.15) is 0 Å². The van der Waals surface area contributed by atoms with Crippen molar-refractivity contribution in [2.75, 3.05) is 34.8 Å². The molecule has 1 unspecified atom stereocenters. The smallest absolute Gasteiger partial charge is 0.268 e. The molecule has 1 heterocycles. The van der Waals surface area contributed by atoms with Gasteiger partial charge in [-0.1, -0.05) is 19.1 Å². The fourth-order valence-electron chi connectivity index (χ4n) is 3.55. The van der Waals surface area contributed by atoms with Crippen LogP contribution in [0.4, 0.5) is 17.1 Å². The van der Waals surface area contributed by atoms with Crippen LogP contribution >= 0.6 is 0 Å². The minimum atomic E-state index is -0.499. The first-order valence-corrected chi connectivity index (χ1v) is 10.3. The fraction of sp³-hybridized carbons (Fsp3) is 0.391. The second kappa shape index (κ2) is 9.45. The predicted octanol–water partition coefficient (Wildman–Crippen LogP) is 4.07. The van der Waals surface area contributed by atoms with Crippen LogP contribution in [0, 0.1) is 0 Å². The summed E-state index contributed by atoms with van der Waals surface area (Å²) in [4.78, 5) is 29.1. The van der Waals surface area contributed by atoms with E-state index in [1.54, 1.807) is 4.90 Å². The van der Waals surface area contributed by atoms with Gasteiger partial charge in [-0.05, 0) is 56.7 Å². The second-order valence-electron chi connectivity index (χ2n) is 6.99. The molecular weight excluding hydrogens is 366 g/mol. The summed E-state index contributed by atoms with van der Waals surface area (Å²) in [5.74, 6) is 0.472. The zero-order valence-electron chi connectivity index (χ0n) is 17.4. The number of hydrogen-bond donors (Lipinski definition) is 1. The van der Waals surface area contributed by atoms with Crippen molar-refractivity contribution in [1.29, 1.82) is 0 Å². The molecule has 0 saturated heterocycles. The molecule has 0 aromatic heterocycles. The van der Waals surface area contributed by atoms with Crippen LogP contribution in [0.5, 0.6) is 5.75 Å². The Bertz CT molecular complexity index is 847. The van der Waals surface area contributed by atoms with Crippen LogP contribution in [-0.2, 0) is 9.59 Å². The molecule has 0 bridgehead atoms. The van der Waals surface area contributed by atoms with Gasteiger partial charge in [0.05, 0.1) is 5.69 Å². The maximum absolute atomic E-state index is 12.7. The van der Waals surface area contributed by atoms with Crippen molar-refractivity contribution in [1.82, 2.24) is 0 Å². The molecule has 3 rings (SSSR count). The van der Waals surface area contributed by atoms with Crippen molar-refractivity contribution in [3.8, 4) is 5.75 Å². The lowest BCUT2D eigenvalue weighted by molar-refractivity contribution is -0.126. The Morgan fingerprint density at radius 1 is 1.07 bits per heavy atom. The summed E-state index contributed by atoms with van der Waals surface area (Å²) < 4.78 is 5.78. The fourth-order valence-corrected chi connectivity index (χ4v) is 3.55. The molecule has 0 radical (unpaired) electrons. The second-order valence-corrected chi connectivity index (χ2v) is 6.99. The van der Waals surface area contributed by atoms with Gasteiger partial charge in [0.1, 0.15) is 5.75 Å². The SMILES string of the molecule is CCC1Oc2ccccc2N(CCC(=O)Nc2ccc(N(CC)CC)cc2)C1=O. The van der Waals surface area contributed by atoms with Gasteiger partial charge in [0.2, 0.25) is 5.91 Å². The molecule has 0 saturated carbocycles. The van der Waals surface area contributed by atoms with Crippen molar-refractivity contribution in [2.24, 2.45) is 0 Å². The van der Waals surface area contributed by atoms with E-state index in [1.165, 1.54) is 0 Å². The average molecular weight is 396 g/mol. The third kappa shape index (κ3) is 4.70. The number of amides is 2. The standard InChI is InChI=1S/C23H29N3O3/c1-4-20-23(28)26(19-9-7-8-10-21(19)29-20)16-15-22(27)24-17-11-13-18(14-12-17)25(5-2)6-3/h7-14,20H,4-6,15-16H2,1-3H3,(H,24,27). The summed E-state index contributed by atoms with van der Waals surface area (Å²) in [7, 11) is 0. The minimum Gasteiger partial charge on any atom is -0.478 e. The Kier molecular flexibility index (Phi) is 6.75. The van der Waals surface area contributed by atoms with E-state index in [9.17, 15) is 9.59 Å². The Hall–Kier alpha value is -3.02. The first kappa shape index (κ1) is 20.7. The number of anilines is 3. The van der Waals surface area contributed by atoms with E-state index in [2.05, 4.69) is 24.1 Å². The summed E-state index contributed by atoms with van der Waals surface area (Å²) in [6.45, 7) is 8.36. The van der Waals surface area contributed by atoms with Crippen molar-refractivity contribution < 1.29 is 14.3 Å². The lowest BCUT2D eigenvalue weighted by atomic mass is 10.1. The normalized spacial score (nSPS) is 15.5. The van der Waals surface area contributed by atoms with Gasteiger partial charge in [-0.3, -0.25) is 9.59 Å². The molecule has 1 aliphatic heterocycles. The number of para-hydroxylation sites is 2. The zero-order valence-corrected chi connectivity index (χ0v) is 17.4. The van der Waals surface area contributed by atoms with Crippen LogP contribution in [0.1, 0.15) is 33.6 Å². The lowest BCUT2D eigenvalue weighted by Crippen LogP contribution is -2.46. The van der Waals surface area contributed by atoms with Gasteiger partial charge in [0.15, 0.2) is 6.10 Å². The number of benzene rings is 2. The molecule has 1 atom stereocenters. The maximum atomic E-state index is 12.7. The number of nitrogens with one attached hydrogen (secondary N) is 1. The molecular formula is C23H29N3O3. The van der Waals surface area contributed by atoms with Crippen LogP contribution < -0.4 is 19.9 Å². The Balaban J connectivity index is 1.62. The number of rotatable bonds is 8. The first-order valence-electron chi connectivity index (χ1n) is 10.3. The topological polar surface area (TPSA) is 61.9 Å². The van der Waals surface area contributed by atoms with E-state index >= 15 is 0 Å². The number of carbonyl (C=O) groups excluding carboxylic acids is 2. The van der Waals surface area contributed by atoms with Gasteiger partial charge in [-0.25, -0.2) is 0 Å². The summed E-state index contributed by atoms with van der Waals surface area (Å²) >= 11 is 0. The third-order valence-electron chi connectivity index (χ3n) is 5.18. The van der Waals surface area contributed by atoms with E-state index in [0.29, 0.717) is 18.7 Å². The monoisotopic (exact) mass is 395 g/mol. The summed E-state index contributed by atoms with van der Waals surface area (Å²) in [5.41, 5.74) is 2.61. The first-order chi connectivity index (χ1) is 14.1.